The number of carbonyl (C=O) groups is 2. The minimum absolute atomic E-state index is 0.105. The highest BCUT2D eigenvalue weighted by Gasteiger charge is 2.28. The van der Waals surface area contributed by atoms with E-state index in [9.17, 15) is 9.59 Å². The fourth-order valence-corrected chi connectivity index (χ4v) is 2.58. The summed E-state index contributed by atoms with van der Waals surface area (Å²) in [7, 11) is 0. The molecule has 1 heterocycles. The number of hydrogen-bond acceptors (Lipinski definition) is 4. The second kappa shape index (κ2) is 9.35. The second-order valence-electron chi connectivity index (χ2n) is 5.57. The standard InChI is InChI=1S/C15H25N3O3/c1-2-3-5-13(15(20)21)17-14(19)12-6-10-18(11-7-12)9-4-8-16/h12-13H,2-7,9-11H2,1H3,(H,17,19)(H,20,21). The zero-order valence-electron chi connectivity index (χ0n) is 12.7. The number of unbranched alkanes of at least 4 members (excludes halogenated alkanes) is 1. The molecule has 1 atom stereocenters. The summed E-state index contributed by atoms with van der Waals surface area (Å²) >= 11 is 0. The Hall–Kier alpha value is -1.61. The predicted octanol–water partition coefficient (Wildman–Crippen LogP) is 1.37. The van der Waals surface area contributed by atoms with E-state index in [1.165, 1.54) is 0 Å². The highest BCUT2D eigenvalue weighted by atomic mass is 16.4. The van der Waals surface area contributed by atoms with Gasteiger partial charge in [0, 0.05) is 18.9 Å². The van der Waals surface area contributed by atoms with E-state index in [4.69, 9.17) is 10.4 Å². The smallest absolute Gasteiger partial charge is 0.326 e. The third kappa shape index (κ3) is 6.13. The van der Waals surface area contributed by atoms with Crippen LogP contribution >= 0.6 is 0 Å². The lowest BCUT2D eigenvalue weighted by atomic mass is 9.95. The van der Waals surface area contributed by atoms with Crippen LogP contribution in [0.5, 0.6) is 0 Å². The molecule has 1 rings (SSSR count). The fraction of sp³-hybridized carbons (Fsp3) is 0.800. The molecule has 118 valence electrons. The summed E-state index contributed by atoms with van der Waals surface area (Å²) < 4.78 is 0. The van der Waals surface area contributed by atoms with E-state index in [0.29, 0.717) is 12.8 Å². The first kappa shape index (κ1) is 17.4. The highest BCUT2D eigenvalue weighted by molar-refractivity contribution is 5.85. The molecule has 1 saturated heterocycles. The minimum Gasteiger partial charge on any atom is -0.480 e. The zero-order chi connectivity index (χ0) is 15.7. The summed E-state index contributed by atoms with van der Waals surface area (Å²) in [5, 5.41) is 20.4. The van der Waals surface area contributed by atoms with Gasteiger partial charge in [0.25, 0.3) is 0 Å². The molecule has 21 heavy (non-hydrogen) atoms. The van der Waals surface area contributed by atoms with Gasteiger partial charge >= 0.3 is 5.97 Å². The van der Waals surface area contributed by atoms with Crippen LogP contribution < -0.4 is 5.32 Å². The first-order valence-corrected chi connectivity index (χ1v) is 7.71. The van der Waals surface area contributed by atoms with Crippen LogP contribution in [0.4, 0.5) is 0 Å². The van der Waals surface area contributed by atoms with Crippen molar-refractivity contribution in [1.82, 2.24) is 10.2 Å². The summed E-state index contributed by atoms with van der Waals surface area (Å²) in [5.41, 5.74) is 0. The van der Waals surface area contributed by atoms with Gasteiger partial charge in [-0.2, -0.15) is 5.26 Å². The molecule has 1 aliphatic heterocycles. The third-order valence-corrected chi connectivity index (χ3v) is 3.96. The molecule has 1 unspecified atom stereocenters. The number of rotatable bonds is 8. The van der Waals surface area contributed by atoms with E-state index in [0.717, 1.165) is 45.3 Å². The van der Waals surface area contributed by atoms with Crippen molar-refractivity contribution in [2.75, 3.05) is 19.6 Å². The Morgan fingerprint density at radius 1 is 1.43 bits per heavy atom. The zero-order valence-corrected chi connectivity index (χ0v) is 12.7. The third-order valence-electron chi connectivity index (χ3n) is 3.96. The number of nitrogens with one attached hydrogen (secondary N) is 1. The fourth-order valence-electron chi connectivity index (χ4n) is 2.58. The molecule has 0 bridgehead atoms. The summed E-state index contributed by atoms with van der Waals surface area (Å²) in [4.78, 5) is 25.5. The number of nitriles is 1. The van der Waals surface area contributed by atoms with Crippen molar-refractivity contribution in [1.29, 1.82) is 5.26 Å². The van der Waals surface area contributed by atoms with Crippen molar-refractivity contribution in [3.8, 4) is 6.07 Å². The van der Waals surface area contributed by atoms with Crippen molar-refractivity contribution in [3.05, 3.63) is 0 Å². The monoisotopic (exact) mass is 295 g/mol. The maximum Gasteiger partial charge on any atom is 0.326 e. The number of nitrogens with zero attached hydrogens (tertiary/aromatic N) is 2. The number of piperidine rings is 1. The Kier molecular flexibility index (Phi) is 7.76. The maximum absolute atomic E-state index is 12.2. The van der Waals surface area contributed by atoms with E-state index >= 15 is 0 Å². The average molecular weight is 295 g/mol. The number of likely N-dealkylation sites (tertiary alicyclic amines) is 1. The van der Waals surface area contributed by atoms with Gasteiger partial charge in [0.1, 0.15) is 6.04 Å². The molecule has 0 spiro atoms. The average Bonchev–Trinajstić information content (AvgIpc) is 2.49. The van der Waals surface area contributed by atoms with Crippen molar-refractivity contribution < 1.29 is 14.7 Å². The van der Waals surface area contributed by atoms with E-state index in [2.05, 4.69) is 16.3 Å². The van der Waals surface area contributed by atoms with E-state index in [1.807, 2.05) is 6.92 Å². The molecular formula is C15H25N3O3. The van der Waals surface area contributed by atoms with Crippen molar-refractivity contribution in [2.24, 2.45) is 5.92 Å². The Bertz CT molecular complexity index is 384. The van der Waals surface area contributed by atoms with Crippen LogP contribution in [0, 0.1) is 17.2 Å². The Morgan fingerprint density at radius 2 is 2.10 bits per heavy atom. The van der Waals surface area contributed by atoms with Gasteiger partial charge in [0.15, 0.2) is 0 Å². The number of carbonyl (C=O) groups excluding carboxylic acids is 1. The van der Waals surface area contributed by atoms with Crippen LogP contribution in [0.3, 0.4) is 0 Å². The van der Waals surface area contributed by atoms with E-state index < -0.39 is 12.0 Å². The molecule has 2 N–H and O–H groups in total. The number of hydrogen-bond donors (Lipinski definition) is 2. The molecule has 1 fully saturated rings. The molecule has 0 radical (unpaired) electrons. The molecule has 6 nitrogen and oxygen atoms in total. The molecule has 1 amide bonds. The lowest BCUT2D eigenvalue weighted by Crippen LogP contribution is -2.46. The van der Waals surface area contributed by atoms with Crippen LogP contribution in [-0.4, -0.2) is 47.6 Å². The van der Waals surface area contributed by atoms with Crippen LogP contribution in [0.1, 0.15) is 45.4 Å². The van der Waals surface area contributed by atoms with E-state index in [-0.39, 0.29) is 11.8 Å². The van der Waals surface area contributed by atoms with Crippen LogP contribution in [0.2, 0.25) is 0 Å². The van der Waals surface area contributed by atoms with Crippen molar-refractivity contribution in [3.63, 3.8) is 0 Å². The topological polar surface area (TPSA) is 93.4 Å². The molecule has 0 saturated carbocycles. The Morgan fingerprint density at radius 3 is 2.62 bits per heavy atom. The van der Waals surface area contributed by atoms with Gasteiger partial charge in [-0.05, 0) is 32.4 Å². The van der Waals surface area contributed by atoms with E-state index in [1.54, 1.807) is 0 Å². The van der Waals surface area contributed by atoms with Crippen molar-refractivity contribution >= 4 is 11.9 Å². The van der Waals surface area contributed by atoms with Crippen molar-refractivity contribution in [2.45, 2.75) is 51.5 Å². The first-order chi connectivity index (χ1) is 10.1. The molecule has 0 aliphatic carbocycles. The summed E-state index contributed by atoms with van der Waals surface area (Å²) in [5.74, 6) is -1.20. The number of carboxylic acid groups (broad SMARTS) is 1. The van der Waals surface area contributed by atoms with Crippen LogP contribution in [0.15, 0.2) is 0 Å². The molecule has 0 aromatic heterocycles. The maximum atomic E-state index is 12.2. The molecular weight excluding hydrogens is 270 g/mol. The second-order valence-corrected chi connectivity index (χ2v) is 5.57. The number of amides is 1. The summed E-state index contributed by atoms with van der Waals surface area (Å²) in [6, 6.07) is 1.35. The Labute approximate surface area is 126 Å². The quantitative estimate of drug-likeness (QED) is 0.705. The normalized spacial score (nSPS) is 17.9. The molecule has 6 heteroatoms. The molecule has 0 aromatic carbocycles. The lowest BCUT2D eigenvalue weighted by Gasteiger charge is -2.31. The SMILES string of the molecule is CCCCC(NC(=O)C1CCN(CCC#N)CC1)C(=O)O. The van der Waals surface area contributed by atoms with Gasteiger partial charge in [0.05, 0.1) is 6.07 Å². The molecule has 0 aromatic rings. The van der Waals surface area contributed by atoms with Gasteiger partial charge in [-0.25, -0.2) is 4.79 Å². The largest absolute Gasteiger partial charge is 0.480 e. The van der Waals surface area contributed by atoms with Gasteiger partial charge in [-0.1, -0.05) is 19.8 Å². The number of carboxylic acids is 1. The highest BCUT2D eigenvalue weighted by Crippen LogP contribution is 2.18. The predicted molar refractivity (Wildman–Crippen MR) is 78.5 cm³/mol. The number of aliphatic carboxylic acids is 1. The van der Waals surface area contributed by atoms with Gasteiger partial charge in [-0.15, -0.1) is 0 Å². The van der Waals surface area contributed by atoms with Crippen LogP contribution in [-0.2, 0) is 9.59 Å². The first-order valence-electron chi connectivity index (χ1n) is 7.71. The minimum atomic E-state index is -0.955. The van der Waals surface area contributed by atoms with Gasteiger partial charge in [0.2, 0.25) is 5.91 Å². The Balaban J connectivity index is 2.38. The lowest BCUT2D eigenvalue weighted by molar-refractivity contribution is -0.143. The van der Waals surface area contributed by atoms with Gasteiger partial charge < -0.3 is 15.3 Å². The molecule has 1 aliphatic rings. The summed E-state index contributed by atoms with van der Waals surface area (Å²) in [6.45, 7) is 4.34. The summed E-state index contributed by atoms with van der Waals surface area (Å²) in [6.07, 6.45) is 4.17. The van der Waals surface area contributed by atoms with Crippen LogP contribution in [0.25, 0.3) is 0 Å². The van der Waals surface area contributed by atoms with Gasteiger partial charge in [-0.3, -0.25) is 4.79 Å².